The van der Waals surface area contributed by atoms with Crippen LogP contribution in [0.5, 0.6) is 0 Å². The Morgan fingerprint density at radius 1 is 1.21 bits per heavy atom. The number of hydrogen-bond donors (Lipinski definition) is 2. The summed E-state index contributed by atoms with van der Waals surface area (Å²) in [5, 5.41) is 10.1. The minimum Gasteiger partial charge on any atom is -0.338 e. The monoisotopic (exact) mass is 325 g/mol. The molecule has 1 aliphatic rings. The summed E-state index contributed by atoms with van der Waals surface area (Å²) in [7, 11) is 0. The molecule has 0 spiro atoms. The van der Waals surface area contributed by atoms with Gasteiger partial charge in [0, 0.05) is 13.1 Å². The van der Waals surface area contributed by atoms with Crippen LogP contribution in [0.2, 0.25) is 0 Å². The van der Waals surface area contributed by atoms with Gasteiger partial charge in [-0.1, -0.05) is 36.4 Å². The largest absolute Gasteiger partial charge is 0.338 e. The minimum absolute atomic E-state index is 0.111. The van der Waals surface area contributed by atoms with Gasteiger partial charge in [0.25, 0.3) is 0 Å². The third kappa shape index (κ3) is 4.68. The molecular formula is C18H23N5O. The van der Waals surface area contributed by atoms with Crippen LogP contribution < -0.4 is 10.6 Å². The summed E-state index contributed by atoms with van der Waals surface area (Å²) >= 11 is 0. The number of aromatic nitrogens is 3. The maximum Gasteiger partial charge on any atom is 0.315 e. The van der Waals surface area contributed by atoms with Crippen LogP contribution in [0, 0.1) is 5.92 Å². The van der Waals surface area contributed by atoms with E-state index in [4.69, 9.17) is 0 Å². The van der Waals surface area contributed by atoms with Gasteiger partial charge >= 0.3 is 6.03 Å². The second-order valence-corrected chi connectivity index (χ2v) is 6.08. The summed E-state index contributed by atoms with van der Waals surface area (Å²) in [4.78, 5) is 16.0. The Bertz CT molecular complexity index is 680. The Morgan fingerprint density at radius 3 is 2.83 bits per heavy atom. The van der Waals surface area contributed by atoms with Crippen LogP contribution in [-0.2, 0) is 13.1 Å². The first-order valence-electron chi connectivity index (χ1n) is 8.37. The van der Waals surface area contributed by atoms with Crippen molar-refractivity contribution in [3.63, 3.8) is 0 Å². The molecule has 1 aromatic carbocycles. The Kier molecular flexibility index (Phi) is 5.61. The zero-order chi connectivity index (χ0) is 16.6. The first-order valence-corrected chi connectivity index (χ1v) is 8.37. The number of amides is 2. The van der Waals surface area contributed by atoms with Gasteiger partial charge in [0.1, 0.15) is 12.7 Å². The summed E-state index contributed by atoms with van der Waals surface area (Å²) in [6.45, 7) is 1.88. The first kappa shape index (κ1) is 16.2. The molecule has 0 saturated carbocycles. The quantitative estimate of drug-likeness (QED) is 0.802. The molecule has 1 atom stereocenters. The lowest BCUT2D eigenvalue weighted by molar-refractivity contribution is 0.238. The lowest BCUT2D eigenvalue weighted by Gasteiger charge is -2.18. The van der Waals surface area contributed by atoms with Crippen LogP contribution in [0.15, 0.2) is 49.1 Å². The molecule has 1 aromatic heterocycles. The second kappa shape index (κ2) is 8.29. The summed E-state index contributed by atoms with van der Waals surface area (Å²) in [6.07, 6.45) is 10.9. The van der Waals surface area contributed by atoms with Crippen LogP contribution >= 0.6 is 0 Å². The van der Waals surface area contributed by atoms with Crippen LogP contribution in [0.4, 0.5) is 4.79 Å². The van der Waals surface area contributed by atoms with E-state index >= 15 is 0 Å². The molecule has 0 radical (unpaired) electrons. The van der Waals surface area contributed by atoms with E-state index in [1.807, 2.05) is 24.3 Å². The van der Waals surface area contributed by atoms with E-state index in [0.717, 1.165) is 36.9 Å². The highest BCUT2D eigenvalue weighted by atomic mass is 16.2. The van der Waals surface area contributed by atoms with Gasteiger partial charge in [-0.2, -0.15) is 5.10 Å². The third-order valence-corrected chi connectivity index (χ3v) is 4.29. The van der Waals surface area contributed by atoms with Crippen molar-refractivity contribution in [1.29, 1.82) is 0 Å². The number of rotatable bonds is 6. The average Bonchev–Trinajstić information content (AvgIpc) is 3.13. The maximum atomic E-state index is 12.0. The highest BCUT2D eigenvalue weighted by Gasteiger charge is 2.11. The van der Waals surface area contributed by atoms with Gasteiger partial charge in [0.05, 0.1) is 6.54 Å². The summed E-state index contributed by atoms with van der Waals surface area (Å²) in [5.41, 5.74) is 2.21. The van der Waals surface area contributed by atoms with Gasteiger partial charge in [0.15, 0.2) is 0 Å². The van der Waals surface area contributed by atoms with E-state index in [1.165, 1.54) is 6.33 Å². The molecule has 6 nitrogen and oxygen atoms in total. The first-order chi connectivity index (χ1) is 11.8. The molecule has 0 aliphatic heterocycles. The normalized spacial score (nSPS) is 16.8. The summed E-state index contributed by atoms with van der Waals surface area (Å²) in [6, 6.07) is 7.93. The van der Waals surface area contributed by atoms with Gasteiger partial charge < -0.3 is 10.6 Å². The van der Waals surface area contributed by atoms with E-state index in [-0.39, 0.29) is 6.03 Å². The van der Waals surface area contributed by atoms with Crippen LogP contribution in [-0.4, -0.2) is 27.3 Å². The fourth-order valence-electron chi connectivity index (χ4n) is 2.89. The van der Waals surface area contributed by atoms with Crippen molar-refractivity contribution in [1.82, 2.24) is 25.4 Å². The zero-order valence-corrected chi connectivity index (χ0v) is 13.7. The van der Waals surface area contributed by atoms with Crippen molar-refractivity contribution in [3.8, 4) is 0 Å². The average molecular weight is 325 g/mol. The zero-order valence-electron chi connectivity index (χ0n) is 13.7. The summed E-state index contributed by atoms with van der Waals surface area (Å²) in [5.74, 6) is 0.556. The maximum absolute atomic E-state index is 12.0. The molecule has 0 bridgehead atoms. The molecule has 126 valence electrons. The molecular weight excluding hydrogens is 302 g/mol. The Hall–Kier alpha value is -2.63. The molecule has 24 heavy (non-hydrogen) atoms. The summed E-state index contributed by atoms with van der Waals surface area (Å²) < 4.78 is 1.77. The van der Waals surface area contributed by atoms with Crippen molar-refractivity contribution in [3.05, 3.63) is 60.2 Å². The van der Waals surface area contributed by atoms with Gasteiger partial charge in [-0.25, -0.2) is 14.5 Å². The number of carbonyl (C=O) groups is 1. The third-order valence-electron chi connectivity index (χ3n) is 4.29. The standard InChI is InChI=1S/C18H23N5O/c24-18(20-10-15-6-2-1-3-7-15)21-11-16-8-4-5-9-17(16)12-23-14-19-13-22-23/h1-2,4-5,8-9,13-15H,3,6-7,10-12H2,(H2,20,21,24)/t15-/m1/s1. The molecule has 3 rings (SSSR count). The Morgan fingerprint density at radius 2 is 2.08 bits per heavy atom. The van der Waals surface area contributed by atoms with Gasteiger partial charge in [-0.15, -0.1) is 0 Å². The van der Waals surface area contributed by atoms with Crippen molar-refractivity contribution < 1.29 is 4.79 Å². The number of allylic oxidation sites excluding steroid dienone is 2. The van der Waals surface area contributed by atoms with Crippen molar-refractivity contribution in [2.24, 2.45) is 5.92 Å². The fraction of sp³-hybridized carbons (Fsp3) is 0.389. The Labute approximate surface area is 142 Å². The van der Waals surface area contributed by atoms with E-state index in [1.54, 1.807) is 11.0 Å². The second-order valence-electron chi connectivity index (χ2n) is 6.08. The Balaban J connectivity index is 1.49. The van der Waals surface area contributed by atoms with Crippen molar-refractivity contribution in [2.45, 2.75) is 32.4 Å². The molecule has 0 saturated heterocycles. The van der Waals surface area contributed by atoms with Crippen LogP contribution in [0.3, 0.4) is 0 Å². The van der Waals surface area contributed by atoms with Crippen LogP contribution in [0.1, 0.15) is 30.4 Å². The highest BCUT2D eigenvalue weighted by Crippen LogP contribution is 2.16. The molecule has 6 heteroatoms. The number of carbonyl (C=O) groups excluding carboxylic acids is 1. The highest BCUT2D eigenvalue weighted by molar-refractivity contribution is 5.73. The fourth-order valence-corrected chi connectivity index (χ4v) is 2.89. The SMILES string of the molecule is O=C(NCc1ccccc1Cn1cncn1)NC[C@@H]1CC=CCC1. The topological polar surface area (TPSA) is 71.8 Å². The molecule has 0 fully saturated rings. The number of nitrogens with one attached hydrogen (secondary N) is 2. The lowest BCUT2D eigenvalue weighted by Crippen LogP contribution is -2.38. The molecule has 2 aromatic rings. The predicted molar refractivity (Wildman–Crippen MR) is 92.3 cm³/mol. The van der Waals surface area contributed by atoms with E-state index < -0.39 is 0 Å². The number of benzene rings is 1. The van der Waals surface area contributed by atoms with Crippen LogP contribution in [0.25, 0.3) is 0 Å². The minimum atomic E-state index is -0.111. The molecule has 2 amide bonds. The molecule has 2 N–H and O–H groups in total. The number of nitrogens with zero attached hydrogens (tertiary/aromatic N) is 3. The van der Waals surface area contributed by atoms with Gasteiger partial charge in [0.2, 0.25) is 0 Å². The number of hydrogen-bond acceptors (Lipinski definition) is 3. The van der Waals surface area contributed by atoms with E-state index in [2.05, 4.69) is 32.9 Å². The molecule has 1 aliphatic carbocycles. The van der Waals surface area contributed by atoms with Gasteiger partial charge in [-0.3, -0.25) is 0 Å². The van der Waals surface area contributed by atoms with E-state index in [0.29, 0.717) is 19.0 Å². The lowest BCUT2D eigenvalue weighted by atomic mass is 9.94. The van der Waals surface area contributed by atoms with Crippen molar-refractivity contribution >= 4 is 6.03 Å². The number of urea groups is 1. The predicted octanol–water partition coefficient (Wildman–Crippen LogP) is 2.48. The van der Waals surface area contributed by atoms with Gasteiger partial charge in [-0.05, 0) is 36.3 Å². The smallest absolute Gasteiger partial charge is 0.315 e. The molecule has 1 heterocycles. The molecule has 0 unspecified atom stereocenters. The van der Waals surface area contributed by atoms with E-state index in [9.17, 15) is 4.79 Å². The van der Waals surface area contributed by atoms with Crippen molar-refractivity contribution in [2.75, 3.05) is 6.54 Å².